The maximum atomic E-state index is 13.1. The molecular weight excluding hydrogens is 305 g/mol. The van der Waals surface area contributed by atoms with E-state index in [-0.39, 0.29) is 11.9 Å². The number of benzene rings is 2. The highest BCUT2D eigenvalue weighted by molar-refractivity contribution is 5.28. The van der Waals surface area contributed by atoms with Crippen LogP contribution in [0.2, 0.25) is 0 Å². The van der Waals surface area contributed by atoms with E-state index in [4.69, 9.17) is 9.15 Å². The first kappa shape index (κ1) is 16.3. The molecule has 0 amide bonds. The summed E-state index contributed by atoms with van der Waals surface area (Å²) in [6, 6.07) is 18.3. The summed E-state index contributed by atoms with van der Waals surface area (Å²) in [4.78, 5) is 0. The summed E-state index contributed by atoms with van der Waals surface area (Å²) in [6.45, 7) is 3.16. The molecule has 1 N–H and O–H groups in total. The molecule has 0 saturated heterocycles. The van der Waals surface area contributed by atoms with Gasteiger partial charge in [-0.2, -0.15) is 0 Å². The first-order valence-corrected chi connectivity index (χ1v) is 7.94. The normalized spacial score (nSPS) is 12.1. The minimum atomic E-state index is -0.247. The second-order valence-corrected chi connectivity index (χ2v) is 5.68. The third kappa shape index (κ3) is 4.46. The van der Waals surface area contributed by atoms with E-state index < -0.39 is 0 Å². The van der Waals surface area contributed by atoms with Gasteiger partial charge in [0.05, 0.1) is 12.3 Å². The van der Waals surface area contributed by atoms with Crippen LogP contribution in [-0.2, 0) is 13.2 Å². The fraction of sp³-hybridized carbons (Fsp3) is 0.200. The summed E-state index contributed by atoms with van der Waals surface area (Å²) in [6.07, 6.45) is 1.68. The average Bonchev–Trinajstić information content (AvgIpc) is 3.13. The SMILES string of the molecule is CC(NCc1ccc(OCc2cccc(F)c2)cc1)c1ccco1. The number of hydrogen-bond donors (Lipinski definition) is 1. The van der Waals surface area contributed by atoms with Crippen LogP contribution in [0.25, 0.3) is 0 Å². The van der Waals surface area contributed by atoms with Gasteiger partial charge in [0, 0.05) is 6.54 Å². The highest BCUT2D eigenvalue weighted by atomic mass is 19.1. The van der Waals surface area contributed by atoms with Gasteiger partial charge < -0.3 is 14.5 Å². The number of furan rings is 1. The van der Waals surface area contributed by atoms with Crippen molar-refractivity contribution in [1.29, 1.82) is 0 Å². The summed E-state index contributed by atoms with van der Waals surface area (Å²) in [5, 5.41) is 3.41. The molecule has 3 aromatic rings. The lowest BCUT2D eigenvalue weighted by atomic mass is 10.2. The topological polar surface area (TPSA) is 34.4 Å². The molecule has 1 atom stereocenters. The maximum absolute atomic E-state index is 13.1. The van der Waals surface area contributed by atoms with E-state index in [9.17, 15) is 4.39 Å². The molecular formula is C20H20FNO2. The van der Waals surface area contributed by atoms with Gasteiger partial charge in [-0.3, -0.25) is 0 Å². The molecule has 3 nitrogen and oxygen atoms in total. The van der Waals surface area contributed by atoms with Crippen LogP contribution in [-0.4, -0.2) is 0 Å². The van der Waals surface area contributed by atoms with Gasteiger partial charge in [-0.25, -0.2) is 4.39 Å². The van der Waals surface area contributed by atoms with Gasteiger partial charge in [-0.05, 0) is 54.4 Å². The molecule has 0 bridgehead atoms. The van der Waals surface area contributed by atoms with Crippen molar-refractivity contribution in [2.24, 2.45) is 0 Å². The fourth-order valence-corrected chi connectivity index (χ4v) is 2.41. The molecule has 0 saturated carbocycles. The molecule has 0 radical (unpaired) electrons. The summed E-state index contributed by atoms with van der Waals surface area (Å²) >= 11 is 0. The number of ether oxygens (including phenoxy) is 1. The zero-order chi connectivity index (χ0) is 16.8. The Balaban J connectivity index is 1.50. The van der Waals surface area contributed by atoms with Crippen LogP contribution in [0.15, 0.2) is 71.3 Å². The van der Waals surface area contributed by atoms with Gasteiger partial charge in [0.1, 0.15) is 23.9 Å². The quantitative estimate of drug-likeness (QED) is 0.674. The number of nitrogens with one attached hydrogen (secondary N) is 1. The van der Waals surface area contributed by atoms with E-state index in [1.165, 1.54) is 12.1 Å². The van der Waals surface area contributed by atoms with E-state index in [0.29, 0.717) is 6.61 Å². The van der Waals surface area contributed by atoms with Crippen LogP contribution in [0.5, 0.6) is 5.75 Å². The molecule has 3 rings (SSSR count). The zero-order valence-corrected chi connectivity index (χ0v) is 13.5. The van der Waals surface area contributed by atoms with Crippen molar-refractivity contribution in [1.82, 2.24) is 5.32 Å². The predicted molar refractivity (Wildman–Crippen MR) is 91.1 cm³/mol. The summed E-state index contributed by atoms with van der Waals surface area (Å²) in [5.41, 5.74) is 1.97. The third-order valence-electron chi connectivity index (χ3n) is 3.80. The fourth-order valence-electron chi connectivity index (χ4n) is 2.41. The number of rotatable bonds is 7. The molecule has 0 aliphatic rings. The Kier molecular flexibility index (Phi) is 5.29. The minimum absolute atomic E-state index is 0.156. The molecule has 0 aliphatic carbocycles. The minimum Gasteiger partial charge on any atom is -0.489 e. The largest absolute Gasteiger partial charge is 0.489 e. The molecule has 2 aromatic carbocycles. The summed E-state index contributed by atoms with van der Waals surface area (Å²) < 4.78 is 24.2. The lowest BCUT2D eigenvalue weighted by molar-refractivity contribution is 0.305. The number of hydrogen-bond acceptors (Lipinski definition) is 3. The Bertz CT molecular complexity index is 754. The Morgan fingerprint density at radius 3 is 2.58 bits per heavy atom. The number of halogens is 1. The average molecular weight is 325 g/mol. The van der Waals surface area contributed by atoms with Gasteiger partial charge in [-0.1, -0.05) is 24.3 Å². The lowest BCUT2D eigenvalue weighted by Gasteiger charge is -2.12. The van der Waals surface area contributed by atoms with Crippen LogP contribution in [0.4, 0.5) is 4.39 Å². The molecule has 124 valence electrons. The Labute approximate surface area is 141 Å². The van der Waals surface area contributed by atoms with Gasteiger partial charge in [0.2, 0.25) is 0 Å². The van der Waals surface area contributed by atoms with E-state index in [2.05, 4.69) is 12.2 Å². The second kappa shape index (κ2) is 7.79. The zero-order valence-electron chi connectivity index (χ0n) is 13.5. The van der Waals surface area contributed by atoms with Gasteiger partial charge in [0.15, 0.2) is 0 Å². The van der Waals surface area contributed by atoms with Gasteiger partial charge >= 0.3 is 0 Å². The first-order valence-electron chi connectivity index (χ1n) is 7.94. The molecule has 0 aliphatic heterocycles. The molecule has 1 aromatic heterocycles. The standard InChI is InChI=1S/C20H20FNO2/c1-15(20-6-3-11-23-20)22-13-16-7-9-19(10-8-16)24-14-17-4-2-5-18(21)12-17/h2-12,15,22H,13-14H2,1H3. The smallest absolute Gasteiger partial charge is 0.123 e. The Morgan fingerprint density at radius 1 is 1.04 bits per heavy atom. The van der Waals surface area contributed by atoms with Crippen molar-refractivity contribution >= 4 is 0 Å². The lowest BCUT2D eigenvalue weighted by Crippen LogP contribution is -2.17. The van der Waals surface area contributed by atoms with E-state index in [1.54, 1.807) is 12.3 Å². The molecule has 1 unspecified atom stereocenters. The van der Waals surface area contributed by atoms with Crippen molar-refractivity contribution in [2.75, 3.05) is 0 Å². The van der Waals surface area contributed by atoms with Crippen molar-refractivity contribution in [3.05, 3.63) is 89.6 Å². The monoisotopic (exact) mass is 325 g/mol. The van der Waals surface area contributed by atoms with Gasteiger partial charge in [-0.15, -0.1) is 0 Å². The van der Waals surface area contributed by atoms with Crippen LogP contribution in [0.3, 0.4) is 0 Å². The Morgan fingerprint density at radius 2 is 1.88 bits per heavy atom. The summed E-state index contributed by atoms with van der Waals surface area (Å²) in [7, 11) is 0. The van der Waals surface area contributed by atoms with Crippen molar-refractivity contribution in [3.8, 4) is 5.75 Å². The Hall–Kier alpha value is -2.59. The molecule has 1 heterocycles. The summed E-state index contributed by atoms with van der Waals surface area (Å²) in [5.74, 6) is 1.44. The predicted octanol–water partition coefficient (Wildman–Crippen LogP) is 4.85. The van der Waals surface area contributed by atoms with Crippen LogP contribution in [0.1, 0.15) is 29.9 Å². The maximum Gasteiger partial charge on any atom is 0.123 e. The molecule has 0 fully saturated rings. The second-order valence-electron chi connectivity index (χ2n) is 5.68. The molecule has 0 spiro atoms. The van der Waals surface area contributed by atoms with Crippen LogP contribution in [0, 0.1) is 5.82 Å². The highest BCUT2D eigenvalue weighted by Crippen LogP contribution is 2.17. The van der Waals surface area contributed by atoms with Crippen molar-refractivity contribution in [3.63, 3.8) is 0 Å². The highest BCUT2D eigenvalue weighted by Gasteiger charge is 2.07. The van der Waals surface area contributed by atoms with E-state index >= 15 is 0 Å². The molecule has 4 heteroatoms. The van der Waals surface area contributed by atoms with Gasteiger partial charge in [0.25, 0.3) is 0 Å². The third-order valence-corrected chi connectivity index (χ3v) is 3.80. The van der Waals surface area contributed by atoms with E-state index in [0.717, 1.165) is 29.2 Å². The first-order chi connectivity index (χ1) is 11.7. The molecule has 24 heavy (non-hydrogen) atoms. The van der Waals surface area contributed by atoms with Crippen molar-refractivity contribution < 1.29 is 13.5 Å². The van der Waals surface area contributed by atoms with Crippen molar-refractivity contribution in [2.45, 2.75) is 26.1 Å². The van der Waals surface area contributed by atoms with E-state index in [1.807, 2.05) is 42.5 Å². The van der Waals surface area contributed by atoms with Crippen LogP contribution < -0.4 is 10.1 Å². The van der Waals surface area contributed by atoms with Crippen LogP contribution >= 0.6 is 0 Å².